The maximum Gasteiger partial charge on any atom is 0.290 e. The normalized spacial score (nSPS) is 24.9. The van der Waals surface area contributed by atoms with Crippen LogP contribution < -0.4 is 10.1 Å². The maximum absolute atomic E-state index is 15.1. The Morgan fingerprint density at radius 3 is 2.52 bits per heavy atom. The monoisotopic (exact) mass is 463 g/mol. The van der Waals surface area contributed by atoms with Gasteiger partial charge in [0.15, 0.2) is 0 Å². The number of rotatable bonds is 6. The standard InChI is InChI=1S/C25H31F2NO5/c1-14-7-6-8-17(11-14)19-12-18(9-10-20(19)25(26,27)13-28-16(3)29)32-23-22(31)21(30)15(2)24(4,5)33-23/h6-12,15,21-23,30-31H,13H2,1-5H3,(H,28,29)/t15-,21-,22-,23-/m1/s1. The van der Waals surface area contributed by atoms with Gasteiger partial charge in [0.05, 0.1) is 18.2 Å². The van der Waals surface area contributed by atoms with Crippen molar-refractivity contribution in [1.82, 2.24) is 5.32 Å². The van der Waals surface area contributed by atoms with E-state index >= 15 is 8.78 Å². The van der Waals surface area contributed by atoms with Gasteiger partial charge in [0.2, 0.25) is 12.2 Å². The SMILES string of the molecule is CC(=O)NCC(F)(F)c1ccc(O[C@@H]2OC(C)(C)[C@H](C)[C@@H](O)[C@H]2O)cc1-c1cccc(C)c1. The number of hydrogen-bond acceptors (Lipinski definition) is 5. The summed E-state index contributed by atoms with van der Waals surface area (Å²) in [5, 5.41) is 23.1. The highest BCUT2D eigenvalue weighted by Crippen LogP contribution is 2.40. The molecule has 180 valence electrons. The third-order valence-electron chi connectivity index (χ3n) is 6.18. The average molecular weight is 464 g/mol. The van der Waals surface area contributed by atoms with Gasteiger partial charge in [-0.05, 0) is 50.1 Å². The number of amides is 1. The van der Waals surface area contributed by atoms with Crippen LogP contribution in [-0.2, 0) is 15.5 Å². The highest BCUT2D eigenvalue weighted by atomic mass is 19.3. The predicted octanol–water partition coefficient (Wildman–Crippen LogP) is 3.76. The van der Waals surface area contributed by atoms with E-state index in [2.05, 4.69) is 5.32 Å². The van der Waals surface area contributed by atoms with Crippen molar-refractivity contribution in [2.75, 3.05) is 6.54 Å². The van der Waals surface area contributed by atoms with Crippen molar-refractivity contribution in [3.8, 4) is 16.9 Å². The molecule has 1 aliphatic rings. The molecule has 1 heterocycles. The summed E-state index contributed by atoms with van der Waals surface area (Å²) >= 11 is 0. The molecule has 0 unspecified atom stereocenters. The van der Waals surface area contributed by atoms with E-state index in [1.807, 2.05) is 13.0 Å². The Labute approximate surface area is 192 Å². The summed E-state index contributed by atoms with van der Waals surface area (Å²) in [7, 11) is 0. The summed E-state index contributed by atoms with van der Waals surface area (Å²) in [5.74, 6) is -4.03. The first-order valence-corrected chi connectivity index (χ1v) is 10.9. The molecule has 3 N–H and O–H groups in total. The summed E-state index contributed by atoms with van der Waals surface area (Å²) in [5.41, 5.74) is 0.629. The first kappa shape index (κ1) is 25.1. The molecular weight excluding hydrogens is 432 g/mol. The summed E-state index contributed by atoms with van der Waals surface area (Å²) in [6.45, 7) is 7.53. The fourth-order valence-corrected chi connectivity index (χ4v) is 3.87. The van der Waals surface area contributed by atoms with Crippen LogP contribution >= 0.6 is 0 Å². The first-order valence-electron chi connectivity index (χ1n) is 10.9. The number of alkyl halides is 2. The number of ether oxygens (including phenoxy) is 2. The first-order chi connectivity index (χ1) is 15.3. The van der Waals surface area contributed by atoms with Crippen LogP contribution in [0.4, 0.5) is 8.78 Å². The summed E-state index contributed by atoms with van der Waals surface area (Å²) < 4.78 is 41.8. The lowest BCUT2D eigenvalue weighted by Crippen LogP contribution is -2.59. The number of aliphatic hydroxyl groups excluding tert-OH is 2. The van der Waals surface area contributed by atoms with Gasteiger partial charge in [-0.2, -0.15) is 8.78 Å². The fourth-order valence-electron chi connectivity index (χ4n) is 3.87. The minimum atomic E-state index is -3.34. The number of aryl methyl sites for hydroxylation is 1. The lowest BCUT2D eigenvalue weighted by Gasteiger charge is -2.46. The zero-order valence-electron chi connectivity index (χ0n) is 19.4. The van der Waals surface area contributed by atoms with E-state index in [4.69, 9.17) is 9.47 Å². The molecule has 1 saturated heterocycles. The van der Waals surface area contributed by atoms with Crippen LogP contribution in [-0.4, -0.2) is 46.8 Å². The minimum Gasteiger partial charge on any atom is -0.462 e. The second kappa shape index (κ2) is 9.37. The minimum absolute atomic E-state index is 0.201. The molecule has 2 aromatic carbocycles. The van der Waals surface area contributed by atoms with Crippen LogP contribution in [0.25, 0.3) is 11.1 Å². The van der Waals surface area contributed by atoms with Crippen molar-refractivity contribution in [3.05, 3.63) is 53.6 Å². The van der Waals surface area contributed by atoms with Gasteiger partial charge in [0.1, 0.15) is 11.9 Å². The third kappa shape index (κ3) is 5.51. The van der Waals surface area contributed by atoms with Crippen LogP contribution in [0.2, 0.25) is 0 Å². The van der Waals surface area contributed by atoms with Gasteiger partial charge in [-0.15, -0.1) is 0 Å². The van der Waals surface area contributed by atoms with Gasteiger partial charge in [-0.25, -0.2) is 0 Å². The average Bonchev–Trinajstić information content (AvgIpc) is 2.74. The van der Waals surface area contributed by atoms with Crippen molar-refractivity contribution in [1.29, 1.82) is 0 Å². The highest BCUT2D eigenvalue weighted by molar-refractivity contribution is 5.73. The van der Waals surface area contributed by atoms with Crippen LogP contribution in [0.5, 0.6) is 5.75 Å². The molecule has 1 aliphatic heterocycles. The molecule has 0 saturated carbocycles. The third-order valence-corrected chi connectivity index (χ3v) is 6.18. The van der Waals surface area contributed by atoms with Gasteiger partial charge in [-0.1, -0.05) is 36.8 Å². The van der Waals surface area contributed by atoms with Crippen molar-refractivity contribution in [3.63, 3.8) is 0 Å². The van der Waals surface area contributed by atoms with E-state index in [-0.39, 0.29) is 22.8 Å². The maximum atomic E-state index is 15.1. The lowest BCUT2D eigenvalue weighted by molar-refractivity contribution is -0.284. The van der Waals surface area contributed by atoms with Gasteiger partial charge >= 0.3 is 0 Å². The number of nitrogens with one attached hydrogen (secondary N) is 1. The second-order valence-electron chi connectivity index (χ2n) is 9.17. The number of aliphatic hydroxyl groups is 2. The molecule has 1 amide bonds. The molecule has 0 spiro atoms. The van der Waals surface area contributed by atoms with Crippen LogP contribution in [0.15, 0.2) is 42.5 Å². The number of carbonyl (C=O) groups excluding carboxylic acids is 1. The smallest absolute Gasteiger partial charge is 0.290 e. The van der Waals surface area contributed by atoms with Gasteiger partial charge in [-0.3, -0.25) is 4.79 Å². The van der Waals surface area contributed by atoms with Gasteiger partial charge < -0.3 is 25.0 Å². The topological polar surface area (TPSA) is 88.0 Å². The van der Waals surface area contributed by atoms with Crippen LogP contribution in [0, 0.1) is 12.8 Å². The molecule has 33 heavy (non-hydrogen) atoms. The molecule has 0 radical (unpaired) electrons. The van der Waals surface area contributed by atoms with E-state index < -0.39 is 42.5 Å². The van der Waals surface area contributed by atoms with Crippen molar-refractivity contribution >= 4 is 5.91 Å². The Morgan fingerprint density at radius 2 is 1.88 bits per heavy atom. The van der Waals surface area contributed by atoms with Crippen LogP contribution in [0.1, 0.15) is 38.8 Å². The molecule has 2 aromatic rings. The lowest BCUT2D eigenvalue weighted by atomic mass is 9.82. The van der Waals surface area contributed by atoms with Crippen molar-refractivity contribution < 1.29 is 33.3 Å². The van der Waals surface area contributed by atoms with Crippen molar-refractivity contribution in [2.45, 2.75) is 64.6 Å². The Hall–Kier alpha value is -2.55. The molecule has 3 rings (SSSR count). The van der Waals surface area contributed by atoms with E-state index in [1.54, 1.807) is 39.0 Å². The Morgan fingerprint density at radius 1 is 1.18 bits per heavy atom. The van der Waals surface area contributed by atoms with Gasteiger partial charge in [0.25, 0.3) is 5.92 Å². The Kier molecular flexibility index (Phi) is 7.12. The fraction of sp³-hybridized carbons (Fsp3) is 0.480. The van der Waals surface area contributed by atoms with Crippen LogP contribution in [0.3, 0.4) is 0 Å². The summed E-state index contributed by atoms with van der Waals surface area (Å²) in [4.78, 5) is 11.2. The molecule has 0 aliphatic carbocycles. The largest absolute Gasteiger partial charge is 0.462 e. The highest BCUT2D eigenvalue weighted by Gasteiger charge is 2.47. The van der Waals surface area contributed by atoms with E-state index in [1.165, 1.54) is 25.1 Å². The number of benzene rings is 2. The predicted molar refractivity (Wildman–Crippen MR) is 120 cm³/mol. The van der Waals surface area contributed by atoms with E-state index in [0.29, 0.717) is 5.56 Å². The summed E-state index contributed by atoms with van der Waals surface area (Å²) in [6.07, 6.45) is -3.56. The molecule has 4 atom stereocenters. The number of carbonyl (C=O) groups is 1. The Balaban J connectivity index is 2.00. The van der Waals surface area contributed by atoms with E-state index in [0.717, 1.165) is 5.56 Å². The molecule has 6 nitrogen and oxygen atoms in total. The van der Waals surface area contributed by atoms with Gasteiger partial charge in [0, 0.05) is 18.4 Å². The second-order valence-corrected chi connectivity index (χ2v) is 9.17. The van der Waals surface area contributed by atoms with Crippen molar-refractivity contribution in [2.24, 2.45) is 5.92 Å². The molecule has 8 heteroatoms. The summed E-state index contributed by atoms with van der Waals surface area (Å²) in [6, 6.07) is 11.2. The zero-order chi connectivity index (χ0) is 24.6. The Bertz CT molecular complexity index is 1010. The number of halogens is 2. The molecule has 0 aromatic heterocycles. The van der Waals surface area contributed by atoms with E-state index in [9.17, 15) is 15.0 Å². The number of hydrogen-bond donors (Lipinski definition) is 3. The molecular formula is C25H31F2NO5. The quantitative estimate of drug-likeness (QED) is 0.607. The molecule has 1 fully saturated rings. The zero-order valence-corrected chi connectivity index (χ0v) is 19.4. The molecule has 0 bridgehead atoms.